The summed E-state index contributed by atoms with van der Waals surface area (Å²) in [5, 5.41) is 0. The summed E-state index contributed by atoms with van der Waals surface area (Å²) in [6, 6.07) is 2.26. The van der Waals surface area contributed by atoms with E-state index in [1.807, 2.05) is 0 Å². The number of hydrogen-bond acceptors (Lipinski definition) is 1. The van der Waals surface area contributed by atoms with Gasteiger partial charge in [-0.15, -0.1) is 0 Å². The Bertz CT molecular complexity index is 693. The molecule has 1 aromatic rings. The zero-order valence-corrected chi connectivity index (χ0v) is 19.3. The van der Waals surface area contributed by atoms with Crippen LogP contribution in [0.1, 0.15) is 89.5 Å². The van der Waals surface area contributed by atoms with Crippen LogP contribution >= 0.6 is 0 Å². The molecule has 0 saturated heterocycles. The highest BCUT2D eigenvalue weighted by molar-refractivity contribution is 5.31. The Hall–Kier alpha value is -1.52. The Morgan fingerprint density at radius 1 is 0.875 bits per heavy atom. The number of ether oxygens (including phenoxy) is 1. The predicted molar refractivity (Wildman–Crippen MR) is 121 cm³/mol. The van der Waals surface area contributed by atoms with Gasteiger partial charge in [0.15, 0.2) is 17.4 Å². The van der Waals surface area contributed by atoms with Crippen molar-refractivity contribution in [1.82, 2.24) is 0 Å². The van der Waals surface area contributed by atoms with Crippen LogP contribution in [0.3, 0.4) is 0 Å². The average Bonchev–Trinajstić information content (AvgIpc) is 2.78. The molecule has 0 aliphatic heterocycles. The van der Waals surface area contributed by atoms with E-state index in [9.17, 15) is 17.6 Å². The molecule has 0 unspecified atom stereocenters. The van der Waals surface area contributed by atoms with Crippen molar-refractivity contribution in [3.63, 3.8) is 0 Å². The Morgan fingerprint density at radius 3 is 1.91 bits per heavy atom. The topological polar surface area (TPSA) is 9.23 Å². The largest absolute Gasteiger partial charge is 0.429 e. The van der Waals surface area contributed by atoms with Gasteiger partial charge in [0, 0.05) is 0 Å². The molecule has 0 radical (unpaired) electrons. The zero-order valence-electron chi connectivity index (χ0n) is 19.3. The number of halogens is 4. The molecule has 2 saturated carbocycles. The highest BCUT2D eigenvalue weighted by atomic mass is 19.3. The van der Waals surface area contributed by atoms with Crippen molar-refractivity contribution < 1.29 is 22.3 Å². The van der Waals surface area contributed by atoms with E-state index in [0.29, 0.717) is 17.9 Å². The van der Waals surface area contributed by atoms with E-state index in [0.717, 1.165) is 36.3 Å². The number of unbranched alkanes of at least 4 members (excludes halogenated alkanes) is 1. The maximum Gasteiger partial charge on any atom is 0.387 e. The summed E-state index contributed by atoms with van der Waals surface area (Å²) in [4.78, 5) is 0. The lowest BCUT2D eigenvalue weighted by atomic mass is 9.68. The fourth-order valence-electron chi connectivity index (χ4n) is 5.92. The average molecular weight is 455 g/mol. The van der Waals surface area contributed by atoms with Gasteiger partial charge in [-0.3, -0.25) is 0 Å². The molecule has 3 rings (SSSR count). The summed E-state index contributed by atoms with van der Waals surface area (Å²) in [5.41, 5.74) is 0.511. The van der Waals surface area contributed by atoms with E-state index in [2.05, 4.69) is 23.8 Å². The van der Waals surface area contributed by atoms with Gasteiger partial charge >= 0.3 is 6.61 Å². The summed E-state index contributed by atoms with van der Waals surface area (Å²) >= 11 is 0. The van der Waals surface area contributed by atoms with Gasteiger partial charge in [-0.1, -0.05) is 44.3 Å². The van der Waals surface area contributed by atoms with Gasteiger partial charge < -0.3 is 4.74 Å². The SMILES string of the molecule is C/C=C/CCC[C@H]1CC[C@H]([C@H]2CC[C@H](CCc3cc(F)c(OC(F)F)c(F)c3)CC2)CC1. The fraction of sp³-hybridized carbons (Fsp3) is 0.704. The van der Waals surface area contributed by atoms with Crippen molar-refractivity contribution in [1.29, 1.82) is 0 Å². The molecule has 1 aromatic carbocycles. The third-order valence-electron chi connectivity index (χ3n) is 7.77. The van der Waals surface area contributed by atoms with Gasteiger partial charge in [0.25, 0.3) is 0 Å². The minimum absolute atomic E-state index is 0.511. The standard InChI is InChI=1S/C27H38F4O/c1-2-3-4-5-6-19-9-13-22(14-10-19)23-15-11-20(12-16-23)7-8-21-17-24(28)26(25(29)18-21)32-27(30)31/h2-3,17-20,22-23,27H,4-16H2,1H3/b3-2+/t19-,20-,22-,23-. The number of benzene rings is 1. The first kappa shape index (κ1) is 25.1. The van der Waals surface area contributed by atoms with Crippen LogP contribution in [0, 0.1) is 35.3 Å². The lowest BCUT2D eigenvalue weighted by molar-refractivity contribution is -0.0546. The Morgan fingerprint density at radius 2 is 1.41 bits per heavy atom. The van der Waals surface area contributed by atoms with Crippen molar-refractivity contribution in [3.8, 4) is 5.75 Å². The molecule has 0 bridgehead atoms. The summed E-state index contributed by atoms with van der Waals surface area (Å²) in [6.45, 7) is -1.15. The molecular weight excluding hydrogens is 416 g/mol. The lowest BCUT2D eigenvalue weighted by Gasteiger charge is -2.38. The van der Waals surface area contributed by atoms with Gasteiger partial charge in [-0.2, -0.15) is 8.78 Å². The fourth-order valence-corrected chi connectivity index (χ4v) is 5.92. The third-order valence-corrected chi connectivity index (χ3v) is 7.77. The molecule has 0 atom stereocenters. The number of hydrogen-bond donors (Lipinski definition) is 0. The minimum Gasteiger partial charge on any atom is -0.429 e. The van der Waals surface area contributed by atoms with Crippen LogP contribution in [0.5, 0.6) is 5.75 Å². The van der Waals surface area contributed by atoms with E-state index in [1.54, 1.807) is 0 Å². The summed E-state index contributed by atoms with van der Waals surface area (Å²) in [7, 11) is 0. The second-order valence-corrected chi connectivity index (χ2v) is 9.87. The molecule has 0 spiro atoms. The second kappa shape index (κ2) is 12.6. The maximum absolute atomic E-state index is 13.9. The van der Waals surface area contributed by atoms with Crippen LogP contribution in [-0.4, -0.2) is 6.61 Å². The number of allylic oxidation sites excluding steroid dienone is 2. The maximum atomic E-state index is 13.9. The zero-order chi connectivity index (χ0) is 22.9. The van der Waals surface area contributed by atoms with E-state index < -0.39 is 24.0 Å². The van der Waals surface area contributed by atoms with E-state index in [-0.39, 0.29) is 0 Å². The van der Waals surface area contributed by atoms with Gasteiger partial charge in [0.05, 0.1) is 0 Å². The van der Waals surface area contributed by atoms with Crippen LogP contribution in [0.4, 0.5) is 17.6 Å². The lowest BCUT2D eigenvalue weighted by Crippen LogP contribution is -2.26. The summed E-state index contributed by atoms with van der Waals surface area (Å²) < 4.78 is 56.3. The van der Waals surface area contributed by atoms with E-state index in [4.69, 9.17) is 0 Å². The van der Waals surface area contributed by atoms with Crippen LogP contribution < -0.4 is 4.74 Å². The predicted octanol–water partition coefficient (Wildman–Crippen LogP) is 8.86. The number of aryl methyl sites for hydroxylation is 1. The van der Waals surface area contributed by atoms with E-state index >= 15 is 0 Å². The third kappa shape index (κ3) is 7.52. The molecule has 2 aliphatic rings. The summed E-state index contributed by atoms with van der Waals surface area (Å²) in [6.07, 6.45) is 20.2. The molecular formula is C27H38F4O. The van der Waals surface area contributed by atoms with Crippen molar-refractivity contribution in [2.75, 3.05) is 0 Å². The van der Waals surface area contributed by atoms with Gasteiger partial charge in [-0.25, -0.2) is 8.78 Å². The first-order valence-electron chi connectivity index (χ1n) is 12.5. The van der Waals surface area contributed by atoms with Crippen molar-refractivity contribution in [2.24, 2.45) is 23.7 Å². The van der Waals surface area contributed by atoms with Crippen LogP contribution in [0.25, 0.3) is 0 Å². The molecule has 2 aliphatic carbocycles. The Kier molecular flexibility index (Phi) is 9.92. The molecule has 0 N–H and O–H groups in total. The second-order valence-electron chi connectivity index (χ2n) is 9.87. The molecule has 0 heterocycles. The Balaban J connectivity index is 1.37. The van der Waals surface area contributed by atoms with Gasteiger partial charge in [0.2, 0.25) is 0 Å². The first-order chi connectivity index (χ1) is 15.5. The van der Waals surface area contributed by atoms with Crippen molar-refractivity contribution in [3.05, 3.63) is 41.5 Å². The number of alkyl halides is 2. The molecule has 32 heavy (non-hydrogen) atoms. The Labute approximate surface area is 190 Å². The van der Waals surface area contributed by atoms with Crippen LogP contribution in [0.15, 0.2) is 24.3 Å². The molecule has 2 fully saturated rings. The first-order valence-corrected chi connectivity index (χ1v) is 12.5. The molecule has 0 aromatic heterocycles. The van der Waals surface area contributed by atoms with Crippen LogP contribution in [-0.2, 0) is 6.42 Å². The van der Waals surface area contributed by atoms with E-state index in [1.165, 1.54) is 70.6 Å². The molecule has 180 valence electrons. The molecule has 0 amide bonds. The monoisotopic (exact) mass is 454 g/mol. The number of rotatable bonds is 10. The van der Waals surface area contributed by atoms with Crippen molar-refractivity contribution in [2.45, 2.75) is 97.0 Å². The normalized spacial score (nSPS) is 26.7. The van der Waals surface area contributed by atoms with Crippen LogP contribution in [0.2, 0.25) is 0 Å². The van der Waals surface area contributed by atoms with Crippen molar-refractivity contribution >= 4 is 0 Å². The van der Waals surface area contributed by atoms with Gasteiger partial charge in [0.1, 0.15) is 0 Å². The quantitative estimate of drug-likeness (QED) is 0.195. The minimum atomic E-state index is -3.24. The molecule has 5 heteroatoms. The highest BCUT2D eigenvalue weighted by Gasteiger charge is 2.30. The smallest absolute Gasteiger partial charge is 0.387 e. The molecule has 1 nitrogen and oxygen atoms in total. The highest BCUT2D eigenvalue weighted by Crippen LogP contribution is 2.43. The van der Waals surface area contributed by atoms with Gasteiger partial charge in [-0.05, 0) is 99.7 Å². The summed E-state index contributed by atoms with van der Waals surface area (Å²) in [5.74, 6) is 0.132.